The molecule has 0 atom stereocenters. The van der Waals surface area contributed by atoms with E-state index in [4.69, 9.17) is 11.6 Å². The standard InChI is InChI=1S/C10H13ClOS/c1-3-7(4-2)10-9(11)5-8(6-12)13-10/h5-7H,3-4H2,1-2H3. The number of carbonyl (C=O) groups excluding carboxylic acids is 1. The van der Waals surface area contributed by atoms with E-state index in [1.807, 2.05) is 0 Å². The number of hydrogen-bond donors (Lipinski definition) is 0. The molecule has 0 saturated carbocycles. The van der Waals surface area contributed by atoms with Gasteiger partial charge in [-0.05, 0) is 24.8 Å². The van der Waals surface area contributed by atoms with Gasteiger partial charge in [-0.25, -0.2) is 0 Å². The van der Waals surface area contributed by atoms with Crippen LogP contribution in [-0.2, 0) is 0 Å². The quantitative estimate of drug-likeness (QED) is 0.692. The van der Waals surface area contributed by atoms with Gasteiger partial charge in [0.15, 0.2) is 6.29 Å². The van der Waals surface area contributed by atoms with Gasteiger partial charge in [-0.15, -0.1) is 11.3 Å². The van der Waals surface area contributed by atoms with Crippen LogP contribution in [0.25, 0.3) is 0 Å². The van der Waals surface area contributed by atoms with Crippen molar-refractivity contribution in [1.82, 2.24) is 0 Å². The molecule has 1 rings (SSSR count). The molecule has 0 aromatic carbocycles. The minimum absolute atomic E-state index is 0.506. The molecule has 72 valence electrons. The number of halogens is 1. The normalized spacial score (nSPS) is 10.8. The Hall–Kier alpha value is -0.340. The molecule has 0 aliphatic heterocycles. The summed E-state index contributed by atoms with van der Waals surface area (Å²) in [7, 11) is 0. The summed E-state index contributed by atoms with van der Waals surface area (Å²) < 4.78 is 0. The number of hydrogen-bond acceptors (Lipinski definition) is 2. The third-order valence-corrected chi connectivity index (χ3v) is 3.85. The van der Waals surface area contributed by atoms with Gasteiger partial charge in [0.1, 0.15) is 0 Å². The van der Waals surface area contributed by atoms with E-state index in [2.05, 4.69) is 13.8 Å². The van der Waals surface area contributed by atoms with Crippen molar-refractivity contribution < 1.29 is 4.79 Å². The van der Waals surface area contributed by atoms with E-state index in [1.165, 1.54) is 11.3 Å². The lowest BCUT2D eigenvalue weighted by atomic mass is 10.0. The molecule has 1 aromatic heterocycles. The first-order valence-corrected chi connectivity index (χ1v) is 5.66. The molecule has 13 heavy (non-hydrogen) atoms. The lowest BCUT2D eigenvalue weighted by Gasteiger charge is -2.09. The highest BCUT2D eigenvalue weighted by atomic mass is 35.5. The summed E-state index contributed by atoms with van der Waals surface area (Å²) in [4.78, 5) is 12.4. The van der Waals surface area contributed by atoms with Gasteiger partial charge in [-0.3, -0.25) is 4.79 Å². The molecule has 1 nitrogen and oxygen atoms in total. The Bertz CT molecular complexity index is 289. The summed E-state index contributed by atoms with van der Waals surface area (Å²) in [6.07, 6.45) is 3.02. The summed E-state index contributed by atoms with van der Waals surface area (Å²) in [6, 6.07) is 1.76. The van der Waals surface area contributed by atoms with Gasteiger partial charge >= 0.3 is 0 Å². The van der Waals surface area contributed by atoms with Crippen molar-refractivity contribution in [3.63, 3.8) is 0 Å². The summed E-state index contributed by atoms with van der Waals surface area (Å²) >= 11 is 7.54. The van der Waals surface area contributed by atoms with E-state index in [0.29, 0.717) is 5.92 Å². The predicted molar refractivity (Wildman–Crippen MR) is 58.0 cm³/mol. The average molecular weight is 217 g/mol. The fourth-order valence-corrected chi connectivity index (χ4v) is 2.98. The molecule has 1 aromatic rings. The first-order chi connectivity index (χ1) is 6.22. The summed E-state index contributed by atoms with van der Waals surface area (Å²) in [5.41, 5.74) is 0. The van der Waals surface area contributed by atoms with Crippen molar-refractivity contribution in [2.24, 2.45) is 0 Å². The molecule has 0 spiro atoms. The largest absolute Gasteiger partial charge is 0.297 e. The second kappa shape index (κ2) is 4.77. The van der Waals surface area contributed by atoms with Crippen molar-refractivity contribution in [2.75, 3.05) is 0 Å². The van der Waals surface area contributed by atoms with Gasteiger partial charge in [-0.1, -0.05) is 25.4 Å². The molecule has 0 amide bonds. The van der Waals surface area contributed by atoms with E-state index in [0.717, 1.165) is 33.9 Å². The molecule has 0 bridgehead atoms. The highest BCUT2D eigenvalue weighted by molar-refractivity contribution is 7.14. The third kappa shape index (κ3) is 2.32. The Labute approximate surface area is 87.7 Å². The molecule has 0 aliphatic rings. The second-order valence-electron chi connectivity index (χ2n) is 2.99. The SMILES string of the molecule is CCC(CC)c1sc(C=O)cc1Cl. The topological polar surface area (TPSA) is 17.1 Å². The van der Waals surface area contributed by atoms with Crippen molar-refractivity contribution in [2.45, 2.75) is 32.6 Å². The van der Waals surface area contributed by atoms with Crippen molar-refractivity contribution in [3.8, 4) is 0 Å². The molecule has 1 heterocycles. The van der Waals surface area contributed by atoms with Crippen LogP contribution >= 0.6 is 22.9 Å². The van der Waals surface area contributed by atoms with Crippen LogP contribution in [0.15, 0.2) is 6.07 Å². The second-order valence-corrected chi connectivity index (χ2v) is 4.51. The molecular formula is C10H13ClOS. The molecule has 3 heteroatoms. The van der Waals surface area contributed by atoms with Crippen molar-refractivity contribution >= 4 is 29.2 Å². The number of rotatable bonds is 4. The van der Waals surface area contributed by atoms with E-state index < -0.39 is 0 Å². The maximum absolute atomic E-state index is 10.5. The highest BCUT2D eigenvalue weighted by Gasteiger charge is 2.14. The van der Waals surface area contributed by atoms with Gasteiger partial charge in [-0.2, -0.15) is 0 Å². The number of aldehydes is 1. The third-order valence-electron chi connectivity index (χ3n) is 2.20. The zero-order valence-corrected chi connectivity index (χ0v) is 9.41. The monoisotopic (exact) mass is 216 g/mol. The zero-order chi connectivity index (χ0) is 9.84. The number of carbonyl (C=O) groups is 1. The van der Waals surface area contributed by atoms with Crippen molar-refractivity contribution in [1.29, 1.82) is 0 Å². The van der Waals surface area contributed by atoms with Gasteiger partial charge in [0.05, 0.1) is 9.90 Å². The maximum Gasteiger partial charge on any atom is 0.160 e. The van der Waals surface area contributed by atoms with E-state index >= 15 is 0 Å². The van der Waals surface area contributed by atoms with E-state index in [1.54, 1.807) is 6.07 Å². The van der Waals surface area contributed by atoms with Gasteiger partial charge in [0.2, 0.25) is 0 Å². The van der Waals surface area contributed by atoms with Crippen LogP contribution in [0.5, 0.6) is 0 Å². The zero-order valence-electron chi connectivity index (χ0n) is 7.84. The fraction of sp³-hybridized carbons (Fsp3) is 0.500. The van der Waals surface area contributed by atoms with Crippen molar-refractivity contribution in [3.05, 3.63) is 20.8 Å². The maximum atomic E-state index is 10.5. The Balaban J connectivity index is 2.98. The first-order valence-electron chi connectivity index (χ1n) is 4.47. The lowest BCUT2D eigenvalue weighted by molar-refractivity contribution is 0.112. The van der Waals surface area contributed by atoms with E-state index in [-0.39, 0.29) is 0 Å². The molecule has 0 N–H and O–H groups in total. The van der Waals surface area contributed by atoms with Crippen LogP contribution in [0, 0.1) is 0 Å². The minimum atomic E-state index is 0.506. The van der Waals surface area contributed by atoms with Crippen LogP contribution in [0.1, 0.15) is 47.2 Å². The summed E-state index contributed by atoms with van der Waals surface area (Å²) in [5, 5.41) is 0.751. The smallest absolute Gasteiger partial charge is 0.160 e. The fourth-order valence-electron chi connectivity index (χ4n) is 1.40. The summed E-state index contributed by atoms with van der Waals surface area (Å²) in [5.74, 6) is 0.506. The Morgan fingerprint density at radius 2 is 2.15 bits per heavy atom. The lowest BCUT2D eigenvalue weighted by Crippen LogP contribution is -1.91. The first kappa shape index (κ1) is 10.7. The molecular weight excluding hydrogens is 204 g/mol. The average Bonchev–Trinajstić information content (AvgIpc) is 2.50. The van der Waals surface area contributed by atoms with Crippen LogP contribution < -0.4 is 0 Å². The Kier molecular flexibility index (Phi) is 3.94. The molecule has 0 fully saturated rings. The molecule has 0 saturated heterocycles. The Morgan fingerprint density at radius 3 is 2.54 bits per heavy atom. The Morgan fingerprint density at radius 1 is 1.54 bits per heavy atom. The molecule has 0 aliphatic carbocycles. The number of thiophene rings is 1. The van der Waals surface area contributed by atoms with Crippen LogP contribution in [0.4, 0.5) is 0 Å². The van der Waals surface area contributed by atoms with Crippen LogP contribution in [0.3, 0.4) is 0 Å². The molecule has 0 unspecified atom stereocenters. The van der Waals surface area contributed by atoms with E-state index in [9.17, 15) is 4.79 Å². The van der Waals surface area contributed by atoms with Gasteiger partial charge < -0.3 is 0 Å². The van der Waals surface area contributed by atoms with Gasteiger partial charge in [0, 0.05) is 4.88 Å². The predicted octanol–water partition coefficient (Wildman–Crippen LogP) is 4.12. The molecule has 0 radical (unpaired) electrons. The highest BCUT2D eigenvalue weighted by Crippen LogP contribution is 2.35. The van der Waals surface area contributed by atoms with Crippen LogP contribution in [0.2, 0.25) is 5.02 Å². The minimum Gasteiger partial charge on any atom is -0.297 e. The summed E-state index contributed by atoms with van der Waals surface area (Å²) in [6.45, 7) is 4.29. The van der Waals surface area contributed by atoms with Crippen LogP contribution in [-0.4, -0.2) is 6.29 Å². The van der Waals surface area contributed by atoms with Gasteiger partial charge in [0.25, 0.3) is 0 Å².